The van der Waals surface area contributed by atoms with E-state index in [2.05, 4.69) is 10.6 Å². The molecule has 0 saturated carbocycles. The highest BCUT2D eigenvalue weighted by atomic mass is 16.5. The summed E-state index contributed by atoms with van der Waals surface area (Å²) in [5, 5.41) is 13.9. The molecule has 0 atom stereocenters. The Kier molecular flexibility index (Phi) is 5.96. The van der Waals surface area contributed by atoms with Gasteiger partial charge in [0.05, 0.1) is 25.5 Å². The second-order valence-electron chi connectivity index (χ2n) is 4.98. The van der Waals surface area contributed by atoms with Crippen LogP contribution in [0.2, 0.25) is 0 Å². The van der Waals surface area contributed by atoms with E-state index in [0.29, 0.717) is 11.5 Å². The van der Waals surface area contributed by atoms with Crippen LogP contribution in [0.4, 0.5) is 5.69 Å². The monoisotopic (exact) mass is 339 g/mol. The zero-order valence-corrected chi connectivity index (χ0v) is 13.8. The lowest BCUT2D eigenvalue weighted by Gasteiger charge is -2.10. The van der Waals surface area contributed by atoms with Crippen LogP contribution < -0.4 is 20.1 Å². The highest BCUT2D eigenvalue weighted by molar-refractivity contribution is 6.39. The van der Waals surface area contributed by atoms with Gasteiger partial charge in [0.15, 0.2) is 11.5 Å². The number of rotatable bonds is 5. The molecule has 0 spiro atoms. The molecule has 0 aromatic heterocycles. The van der Waals surface area contributed by atoms with Gasteiger partial charge in [-0.15, -0.1) is 0 Å². The van der Waals surface area contributed by atoms with Crippen LogP contribution in [0.1, 0.15) is 11.1 Å². The molecular weight excluding hydrogens is 322 g/mol. The van der Waals surface area contributed by atoms with Crippen LogP contribution in [0, 0.1) is 11.3 Å². The maximum atomic E-state index is 11.9. The fourth-order valence-electron chi connectivity index (χ4n) is 2.12. The van der Waals surface area contributed by atoms with Crippen molar-refractivity contribution in [3.05, 3.63) is 53.6 Å². The topological polar surface area (TPSA) is 100 Å². The number of methoxy groups -OCH3 is 2. The molecule has 25 heavy (non-hydrogen) atoms. The first kappa shape index (κ1) is 17.8. The van der Waals surface area contributed by atoms with E-state index < -0.39 is 11.8 Å². The molecule has 0 aliphatic heterocycles. The molecule has 0 radical (unpaired) electrons. The number of amides is 2. The van der Waals surface area contributed by atoms with Crippen LogP contribution in [0.3, 0.4) is 0 Å². The first-order valence-corrected chi connectivity index (χ1v) is 7.38. The Morgan fingerprint density at radius 1 is 1.04 bits per heavy atom. The summed E-state index contributed by atoms with van der Waals surface area (Å²) in [5.41, 5.74) is 1.32. The molecule has 2 amide bonds. The molecule has 2 rings (SSSR count). The van der Waals surface area contributed by atoms with E-state index in [1.165, 1.54) is 14.2 Å². The Bertz CT molecular complexity index is 827. The molecule has 2 aromatic carbocycles. The van der Waals surface area contributed by atoms with Gasteiger partial charge in [-0.25, -0.2) is 0 Å². The summed E-state index contributed by atoms with van der Waals surface area (Å²) in [7, 11) is 3.04. The third-order valence-electron chi connectivity index (χ3n) is 3.40. The number of nitriles is 1. The van der Waals surface area contributed by atoms with Crippen molar-refractivity contribution in [2.75, 3.05) is 19.5 Å². The van der Waals surface area contributed by atoms with Gasteiger partial charge in [-0.05, 0) is 29.8 Å². The van der Waals surface area contributed by atoms with E-state index in [4.69, 9.17) is 14.7 Å². The largest absolute Gasteiger partial charge is 0.493 e. The van der Waals surface area contributed by atoms with Gasteiger partial charge in [0.1, 0.15) is 6.07 Å². The van der Waals surface area contributed by atoms with E-state index in [-0.39, 0.29) is 17.8 Å². The molecule has 0 saturated heterocycles. The number of anilines is 1. The fourth-order valence-corrected chi connectivity index (χ4v) is 2.12. The summed E-state index contributed by atoms with van der Waals surface area (Å²) in [5.74, 6) is -0.546. The van der Waals surface area contributed by atoms with Gasteiger partial charge in [-0.1, -0.05) is 18.2 Å². The molecule has 7 nitrogen and oxygen atoms in total. The smallest absolute Gasteiger partial charge is 0.313 e. The first-order chi connectivity index (χ1) is 12.1. The number of hydrogen-bond acceptors (Lipinski definition) is 5. The molecular formula is C18H17N3O4. The second-order valence-corrected chi connectivity index (χ2v) is 4.98. The molecule has 7 heteroatoms. The number of benzene rings is 2. The van der Waals surface area contributed by atoms with E-state index >= 15 is 0 Å². The fraction of sp³-hybridized carbons (Fsp3) is 0.167. The van der Waals surface area contributed by atoms with Crippen molar-refractivity contribution in [1.82, 2.24) is 5.32 Å². The lowest BCUT2D eigenvalue weighted by atomic mass is 10.2. The average Bonchev–Trinajstić information content (AvgIpc) is 2.66. The molecule has 0 fully saturated rings. The Labute approximate surface area is 145 Å². The SMILES string of the molecule is COc1ccc(CNC(=O)C(=O)Nc2ccccc2C#N)cc1OC. The third kappa shape index (κ3) is 4.48. The third-order valence-corrected chi connectivity index (χ3v) is 3.40. The number of nitrogens with zero attached hydrogens (tertiary/aromatic N) is 1. The highest BCUT2D eigenvalue weighted by Gasteiger charge is 2.15. The lowest BCUT2D eigenvalue weighted by molar-refractivity contribution is -0.136. The number of para-hydroxylation sites is 1. The minimum Gasteiger partial charge on any atom is -0.493 e. The molecule has 0 aliphatic carbocycles. The lowest BCUT2D eigenvalue weighted by Crippen LogP contribution is -2.35. The van der Waals surface area contributed by atoms with E-state index in [1.54, 1.807) is 42.5 Å². The molecule has 0 heterocycles. The van der Waals surface area contributed by atoms with Crippen LogP contribution in [0.25, 0.3) is 0 Å². The van der Waals surface area contributed by atoms with Crippen LogP contribution in [0.15, 0.2) is 42.5 Å². The van der Waals surface area contributed by atoms with Crippen LogP contribution in [-0.2, 0) is 16.1 Å². The van der Waals surface area contributed by atoms with Gasteiger partial charge >= 0.3 is 11.8 Å². The summed E-state index contributed by atoms with van der Waals surface area (Å²) < 4.78 is 10.3. The van der Waals surface area contributed by atoms with Gasteiger partial charge in [0.2, 0.25) is 0 Å². The predicted molar refractivity (Wildman–Crippen MR) is 91.2 cm³/mol. The van der Waals surface area contributed by atoms with Crippen molar-refractivity contribution < 1.29 is 19.1 Å². The summed E-state index contributed by atoms with van der Waals surface area (Å²) in [6.07, 6.45) is 0. The van der Waals surface area contributed by atoms with Crippen LogP contribution in [0.5, 0.6) is 11.5 Å². The van der Waals surface area contributed by atoms with Crippen molar-refractivity contribution in [1.29, 1.82) is 5.26 Å². The molecule has 2 N–H and O–H groups in total. The average molecular weight is 339 g/mol. The van der Waals surface area contributed by atoms with Gasteiger partial charge in [0.25, 0.3) is 0 Å². The summed E-state index contributed by atoms with van der Waals surface area (Å²) in [6, 6.07) is 13.6. The molecule has 0 unspecified atom stereocenters. The minimum absolute atomic E-state index is 0.145. The first-order valence-electron chi connectivity index (χ1n) is 7.38. The standard InChI is InChI=1S/C18H17N3O4/c1-24-15-8-7-12(9-16(15)25-2)11-20-17(22)18(23)21-14-6-4-3-5-13(14)10-19/h3-9H,11H2,1-2H3,(H,20,22)(H,21,23). The Hall–Kier alpha value is -3.53. The van der Waals surface area contributed by atoms with Gasteiger partial charge < -0.3 is 20.1 Å². The normalized spacial score (nSPS) is 9.64. The maximum Gasteiger partial charge on any atom is 0.313 e. The van der Waals surface area contributed by atoms with E-state index in [1.807, 2.05) is 6.07 Å². The number of ether oxygens (including phenoxy) is 2. The van der Waals surface area contributed by atoms with Crippen LogP contribution in [-0.4, -0.2) is 26.0 Å². The minimum atomic E-state index is -0.844. The summed E-state index contributed by atoms with van der Waals surface area (Å²) in [6.45, 7) is 0.145. The maximum absolute atomic E-state index is 11.9. The zero-order valence-electron chi connectivity index (χ0n) is 13.8. The van der Waals surface area contributed by atoms with Gasteiger partial charge in [-0.3, -0.25) is 9.59 Å². The zero-order chi connectivity index (χ0) is 18.2. The number of carbonyl (C=O) groups excluding carboxylic acids is 2. The number of carbonyl (C=O) groups is 2. The second kappa shape index (κ2) is 8.36. The summed E-state index contributed by atoms with van der Waals surface area (Å²) >= 11 is 0. The van der Waals surface area contributed by atoms with E-state index in [9.17, 15) is 9.59 Å². The molecule has 2 aromatic rings. The van der Waals surface area contributed by atoms with Crippen molar-refractivity contribution >= 4 is 17.5 Å². The molecule has 0 bridgehead atoms. The van der Waals surface area contributed by atoms with Crippen molar-refractivity contribution in [2.24, 2.45) is 0 Å². The summed E-state index contributed by atoms with van der Waals surface area (Å²) in [4.78, 5) is 23.9. The van der Waals surface area contributed by atoms with E-state index in [0.717, 1.165) is 5.56 Å². The number of nitrogens with one attached hydrogen (secondary N) is 2. The Morgan fingerprint density at radius 2 is 1.76 bits per heavy atom. The highest BCUT2D eigenvalue weighted by Crippen LogP contribution is 2.27. The Balaban J connectivity index is 1.98. The Morgan fingerprint density at radius 3 is 2.44 bits per heavy atom. The predicted octanol–water partition coefficient (Wildman–Crippen LogP) is 1.83. The van der Waals surface area contributed by atoms with Crippen molar-refractivity contribution in [3.63, 3.8) is 0 Å². The molecule has 128 valence electrons. The van der Waals surface area contributed by atoms with Crippen LogP contribution >= 0.6 is 0 Å². The molecule has 0 aliphatic rings. The quantitative estimate of drug-likeness (QED) is 0.810. The van der Waals surface area contributed by atoms with Crippen molar-refractivity contribution in [2.45, 2.75) is 6.54 Å². The van der Waals surface area contributed by atoms with Gasteiger partial charge in [-0.2, -0.15) is 5.26 Å². The number of hydrogen-bond donors (Lipinski definition) is 2. The van der Waals surface area contributed by atoms with Gasteiger partial charge in [0, 0.05) is 6.54 Å². The van der Waals surface area contributed by atoms with Crippen molar-refractivity contribution in [3.8, 4) is 17.6 Å².